The number of ether oxygens (including phenoxy) is 4. The van der Waals surface area contributed by atoms with Gasteiger partial charge in [-0.05, 0) is 50.6 Å². The highest BCUT2D eigenvalue weighted by molar-refractivity contribution is 7.98. The quantitative estimate of drug-likeness (QED) is 0.206. The molecule has 0 aliphatic carbocycles. The van der Waals surface area contributed by atoms with Crippen molar-refractivity contribution in [2.24, 2.45) is 0 Å². The molecule has 2 aromatic carbocycles. The molecule has 0 saturated heterocycles. The Morgan fingerprint density at radius 1 is 1.00 bits per heavy atom. The van der Waals surface area contributed by atoms with Gasteiger partial charge in [-0.3, -0.25) is 0 Å². The van der Waals surface area contributed by atoms with E-state index in [-0.39, 0.29) is 5.97 Å². The van der Waals surface area contributed by atoms with Crippen LogP contribution in [0.25, 0.3) is 11.0 Å². The number of carbonyl (C=O) groups excluding carboxylic acids is 2. The highest BCUT2D eigenvalue weighted by Gasteiger charge is 2.16. The number of methoxy groups -OCH3 is 2. The normalized spacial score (nSPS) is 10.9. The number of aryl methyl sites for hydroxylation is 1. The van der Waals surface area contributed by atoms with Crippen LogP contribution in [0.2, 0.25) is 0 Å². The molecule has 3 aromatic rings. The van der Waals surface area contributed by atoms with Crippen LogP contribution in [0.3, 0.4) is 0 Å². The molecule has 0 aliphatic heterocycles. The number of hydrogen-bond donors (Lipinski definition) is 0. The molecule has 9 heteroatoms. The third kappa shape index (κ3) is 6.09. The van der Waals surface area contributed by atoms with Crippen LogP contribution in [-0.4, -0.2) is 55.5 Å². The molecular formula is C25H30N2O6S. The summed E-state index contributed by atoms with van der Waals surface area (Å²) in [5, 5.41) is 0.826. The highest BCUT2D eigenvalue weighted by atomic mass is 32.2. The minimum Gasteiger partial charge on any atom is -0.496 e. The molecule has 0 aliphatic rings. The van der Waals surface area contributed by atoms with Crippen molar-refractivity contribution < 1.29 is 28.5 Å². The standard InChI is InChI=1S/C25H30N2O6S/c1-5-32-13-7-12-27-21-11-10-17(24(29)33-6-2)14-20(21)26-25(27)34-16-19-9-8-18(23(28)31-4)15-22(19)30-3/h8-11,14-15H,5-7,12-13,16H2,1-4H3. The second-order valence-corrected chi connectivity index (χ2v) is 8.27. The summed E-state index contributed by atoms with van der Waals surface area (Å²) in [6.07, 6.45) is 0.837. The summed E-state index contributed by atoms with van der Waals surface area (Å²) < 4.78 is 23.1. The van der Waals surface area contributed by atoms with Crippen LogP contribution in [0.15, 0.2) is 41.6 Å². The number of imidazole rings is 1. The summed E-state index contributed by atoms with van der Waals surface area (Å²) in [6, 6.07) is 10.7. The van der Waals surface area contributed by atoms with E-state index in [1.165, 1.54) is 7.11 Å². The summed E-state index contributed by atoms with van der Waals surface area (Å²) >= 11 is 1.56. The summed E-state index contributed by atoms with van der Waals surface area (Å²) in [4.78, 5) is 28.8. The Kier molecular flexibility index (Phi) is 9.35. The smallest absolute Gasteiger partial charge is 0.338 e. The van der Waals surface area contributed by atoms with Gasteiger partial charge in [-0.1, -0.05) is 17.8 Å². The van der Waals surface area contributed by atoms with Gasteiger partial charge in [-0.25, -0.2) is 14.6 Å². The molecule has 0 radical (unpaired) electrons. The topological polar surface area (TPSA) is 88.9 Å². The summed E-state index contributed by atoms with van der Waals surface area (Å²) in [5.74, 6) is 0.425. The van der Waals surface area contributed by atoms with E-state index >= 15 is 0 Å². The monoisotopic (exact) mass is 486 g/mol. The Balaban J connectivity index is 1.88. The Labute approximate surface area is 203 Å². The summed E-state index contributed by atoms with van der Waals surface area (Å²) in [7, 11) is 2.92. The van der Waals surface area contributed by atoms with Crippen LogP contribution in [-0.2, 0) is 26.5 Å². The molecule has 34 heavy (non-hydrogen) atoms. The third-order valence-electron chi connectivity index (χ3n) is 5.16. The molecule has 0 unspecified atom stereocenters. The van der Waals surface area contributed by atoms with Crippen LogP contribution >= 0.6 is 11.8 Å². The average molecular weight is 487 g/mol. The first-order valence-corrected chi connectivity index (χ1v) is 12.1. The zero-order valence-electron chi connectivity index (χ0n) is 20.0. The maximum absolute atomic E-state index is 12.2. The van der Waals surface area contributed by atoms with Crippen molar-refractivity contribution in [3.63, 3.8) is 0 Å². The number of hydrogen-bond acceptors (Lipinski definition) is 8. The van der Waals surface area contributed by atoms with E-state index in [9.17, 15) is 9.59 Å². The number of thioether (sulfide) groups is 1. The lowest BCUT2D eigenvalue weighted by Gasteiger charge is -2.12. The minimum atomic E-state index is -0.411. The van der Waals surface area contributed by atoms with Gasteiger partial charge in [-0.15, -0.1) is 0 Å². The van der Waals surface area contributed by atoms with Gasteiger partial charge < -0.3 is 23.5 Å². The van der Waals surface area contributed by atoms with E-state index in [0.717, 1.165) is 34.7 Å². The molecule has 0 bridgehead atoms. The lowest BCUT2D eigenvalue weighted by Crippen LogP contribution is -2.05. The fourth-order valence-electron chi connectivity index (χ4n) is 3.50. The van der Waals surface area contributed by atoms with Crippen LogP contribution < -0.4 is 4.74 Å². The second kappa shape index (κ2) is 12.4. The lowest BCUT2D eigenvalue weighted by atomic mass is 10.1. The lowest BCUT2D eigenvalue weighted by molar-refractivity contribution is 0.0525. The molecule has 8 nitrogen and oxygen atoms in total. The predicted octanol–water partition coefficient (Wildman–Crippen LogP) is 4.73. The first kappa shape index (κ1) is 25.6. The highest BCUT2D eigenvalue weighted by Crippen LogP contribution is 2.31. The van der Waals surface area contributed by atoms with Crippen molar-refractivity contribution in [1.82, 2.24) is 9.55 Å². The molecule has 0 N–H and O–H groups in total. The summed E-state index contributed by atoms with van der Waals surface area (Å²) in [6.45, 7) is 6.14. The average Bonchev–Trinajstić information content (AvgIpc) is 3.21. The van der Waals surface area contributed by atoms with Crippen molar-refractivity contribution in [1.29, 1.82) is 0 Å². The maximum Gasteiger partial charge on any atom is 0.338 e. The van der Waals surface area contributed by atoms with E-state index in [4.69, 9.17) is 23.9 Å². The Morgan fingerprint density at radius 3 is 2.47 bits per heavy atom. The molecule has 182 valence electrons. The predicted molar refractivity (Wildman–Crippen MR) is 131 cm³/mol. The van der Waals surface area contributed by atoms with Gasteiger partial charge >= 0.3 is 11.9 Å². The van der Waals surface area contributed by atoms with Gasteiger partial charge in [0.25, 0.3) is 0 Å². The van der Waals surface area contributed by atoms with Gasteiger partial charge in [0.15, 0.2) is 5.16 Å². The SMILES string of the molecule is CCOCCCn1c(SCc2ccc(C(=O)OC)cc2OC)nc2cc(C(=O)OCC)ccc21. The molecule has 0 spiro atoms. The number of rotatable bonds is 12. The Hall–Kier alpha value is -3.04. The molecule has 3 rings (SSSR count). The van der Waals surface area contributed by atoms with Crippen molar-refractivity contribution in [2.75, 3.05) is 34.0 Å². The first-order chi connectivity index (χ1) is 16.5. The zero-order chi connectivity index (χ0) is 24.5. The van der Waals surface area contributed by atoms with Crippen LogP contribution in [0.4, 0.5) is 0 Å². The van der Waals surface area contributed by atoms with E-state index in [2.05, 4.69) is 4.57 Å². The largest absolute Gasteiger partial charge is 0.496 e. The molecular weight excluding hydrogens is 456 g/mol. The van der Waals surface area contributed by atoms with Gasteiger partial charge in [0, 0.05) is 31.1 Å². The van der Waals surface area contributed by atoms with Gasteiger partial charge in [-0.2, -0.15) is 0 Å². The number of esters is 2. The molecule has 0 saturated carbocycles. The van der Waals surface area contributed by atoms with Crippen LogP contribution in [0.1, 0.15) is 46.5 Å². The molecule has 0 atom stereocenters. The van der Waals surface area contributed by atoms with E-state index in [1.54, 1.807) is 50.1 Å². The van der Waals surface area contributed by atoms with Gasteiger partial charge in [0.05, 0.1) is 43.0 Å². The van der Waals surface area contributed by atoms with Crippen LogP contribution in [0, 0.1) is 0 Å². The Bertz CT molecular complexity index is 1140. The van der Waals surface area contributed by atoms with Crippen LogP contribution in [0.5, 0.6) is 5.75 Å². The zero-order valence-corrected chi connectivity index (χ0v) is 20.8. The van der Waals surface area contributed by atoms with Gasteiger partial charge in [0.2, 0.25) is 0 Å². The fourth-order valence-corrected chi connectivity index (χ4v) is 4.53. The fraction of sp³-hybridized carbons (Fsp3) is 0.400. The Morgan fingerprint density at radius 2 is 1.76 bits per heavy atom. The molecule has 1 heterocycles. The first-order valence-electron chi connectivity index (χ1n) is 11.2. The number of nitrogens with zero attached hydrogens (tertiary/aromatic N) is 2. The molecule has 1 aromatic heterocycles. The van der Waals surface area contributed by atoms with Crippen molar-refractivity contribution >= 4 is 34.7 Å². The summed E-state index contributed by atoms with van der Waals surface area (Å²) in [5.41, 5.74) is 3.52. The molecule has 0 amide bonds. The van der Waals surface area contributed by atoms with Crippen molar-refractivity contribution in [2.45, 2.75) is 37.7 Å². The second-order valence-electron chi connectivity index (χ2n) is 7.33. The number of aromatic nitrogens is 2. The maximum atomic E-state index is 12.2. The van der Waals surface area contributed by atoms with Crippen molar-refractivity contribution in [3.05, 3.63) is 53.1 Å². The molecule has 0 fully saturated rings. The number of benzene rings is 2. The van der Waals surface area contributed by atoms with Crippen molar-refractivity contribution in [3.8, 4) is 5.75 Å². The third-order valence-corrected chi connectivity index (χ3v) is 6.19. The number of carbonyl (C=O) groups is 2. The van der Waals surface area contributed by atoms with E-state index in [1.807, 2.05) is 19.1 Å². The van der Waals surface area contributed by atoms with E-state index < -0.39 is 5.97 Å². The van der Waals surface area contributed by atoms with E-state index in [0.29, 0.717) is 42.4 Å². The van der Waals surface area contributed by atoms with Gasteiger partial charge in [0.1, 0.15) is 5.75 Å². The number of fused-ring (bicyclic) bond motifs is 1. The minimum absolute atomic E-state index is 0.320.